The molecular weight excluding hydrogens is 371 g/mol. The minimum absolute atomic E-state index is 0.0314. The number of likely N-dealkylation sites (N-methyl/N-ethyl adjacent to an activating group) is 1. The summed E-state index contributed by atoms with van der Waals surface area (Å²) in [5.41, 5.74) is 1.55. The van der Waals surface area contributed by atoms with E-state index in [-0.39, 0.29) is 5.78 Å². The molecule has 0 unspecified atom stereocenters. The SMILES string of the molecule is COc1ccc(C(=O)CN(C)C)cc1C[P+](CCC#N)(CCC#N)CCC#N. The summed E-state index contributed by atoms with van der Waals surface area (Å²) in [6.07, 6.45) is 4.04. The van der Waals surface area contributed by atoms with Crippen LogP contribution in [0.1, 0.15) is 35.2 Å². The molecule has 1 aromatic rings. The second-order valence-corrected chi connectivity index (χ2v) is 11.4. The zero-order valence-corrected chi connectivity index (χ0v) is 17.8. The summed E-state index contributed by atoms with van der Waals surface area (Å²) in [5.74, 6) is 0.737. The number of ether oxygens (including phenoxy) is 1. The number of methoxy groups -OCH3 is 1. The molecule has 0 N–H and O–H groups in total. The zero-order valence-electron chi connectivity index (χ0n) is 16.9. The van der Waals surface area contributed by atoms with Crippen LogP contribution in [0.5, 0.6) is 5.75 Å². The number of carbonyl (C=O) groups excluding carboxylic acids is 1. The minimum atomic E-state index is -1.75. The lowest BCUT2D eigenvalue weighted by Crippen LogP contribution is -2.22. The van der Waals surface area contributed by atoms with E-state index in [0.29, 0.717) is 61.8 Å². The summed E-state index contributed by atoms with van der Waals surface area (Å²) >= 11 is 0. The van der Waals surface area contributed by atoms with Gasteiger partial charge in [-0.1, -0.05) is 0 Å². The van der Waals surface area contributed by atoms with Gasteiger partial charge in [0.1, 0.15) is 5.75 Å². The molecular formula is C21H28N4O2P+. The third-order valence-corrected chi connectivity index (χ3v) is 9.19. The molecule has 0 aliphatic carbocycles. The van der Waals surface area contributed by atoms with Crippen molar-refractivity contribution in [3.05, 3.63) is 29.3 Å². The van der Waals surface area contributed by atoms with E-state index in [4.69, 9.17) is 20.5 Å². The van der Waals surface area contributed by atoms with Crippen molar-refractivity contribution in [3.63, 3.8) is 0 Å². The van der Waals surface area contributed by atoms with Crippen LogP contribution in [0.15, 0.2) is 18.2 Å². The maximum absolute atomic E-state index is 12.5. The van der Waals surface area contributed by atoms with Crippen molar-refractivity contribution < 1.29 is 9.53 Å². The molecule has 7 heteroatoms. The molecule has 0 aliphatic heterocycles. The Balaban J connectivity index is 3.29. The van der Waals surface area contributed by atoms with Gasteiger partial charge in [0.05, 0.1) is 75.8 Å². The predicted octanol–water partition coefficient (Wildman–Crippen LogP) is 3.70. The number of nitrogens with zero attached hydrogens (tertiary/aromatic N) is 4. The maximum Gasteiger partial charge on any atom is 0.176 e. The van der Waals surface area contributed by atoms with Crippen molar-refractivity contribution in [1.29, 1.82) is 15.8 Å². The summed E-state index contributed by atoms with van der Waals surface area (Å²) in [6, 6.07) is 12.1. The van der Waals surface area contributed by atoms with Crippen molar-refractivity contribution in [2.75, 3.05) is 46.2 Å². The van der Waals surface area contributed by atoms with Crippen molar-refractivity contribution in [2.24, 2.45) is 0 Å². The number of carbonyl (C=O) groups is 1. The fourth-order valence-electron chi connectivity index (χ4n) is 3.25. The average molecular weight is 399 g/mol. The van der Waals surface area contributed by atoms with Crippen molar-refractivity contribution >= 4 is 13.0 Å². The van der Waals surface area contributed by atoms with E-state index in [1.165, 1.54) is 0 Å². The van der Waals surface area contributed by atoms with Gasteiger partial charge in [0.25, 0.3) is 0 Å². The molecule has 0 amide bonds. The van der Waals surface area contributed by atoms with Crippen LogP contribution < -0.4 is 4.74 Å². The van der Waals surface area contributed by atoms with Gasteiger partial charge in [-0.3, -0.25) is 4.79 Å². The number of nitriles is 3. The monoisotopic (exact) mass is 399 g/mol. The number of ketones is 1. The predicted molar refractivity (Wildman–Crippen MR) is 112 cm³/mol. The quantitative estimate of drug-likeness (QED) is 0.392. The van der Waals surface area contributed by atoms with Gasteiger partial charge in [-0.2, -0.15) is 15.8 Å². The number of hydrogen-bond donors (Lipinski definition) is 0. The molecule has 0 heterocycles. The standard InChI is InChI=1S/C21H28N4O2P/c1-25(2)16-20(26)18-7-8-21(27-3)19(15-18)17-28(12-4-9-22,13-5-10-23)14-6-11-24/h7-8,15H,4-6,12-14,16-17H2,1-3H3/q+1. The highest BCUT2D eigenvalue weighted by Gasteiger charge is 2.37. The van der Waals surface area contributed by atoms with Gasteiger partial charge in [0.15, 0.2) is 5.78 Å². The third kappa shape index (κ3) is 7.28. The second-order valence-electron chi connectivity index (χ2n) is 7.08. The van der Waals surface area contributed by atoms with Gasteiger partial charge in [-0.15, -0.1) is 0 Å². The maximum atomic E-state index is 12.5. The lowest BCUT2D eigenvalue weighted by atomic mass is 10.1. The molecule has 0 radical (unpaired) electrons. The first kappa shape index (κ1) is 23.6. The largest absolute Gasteiger partial charge is 0.496 e. The summed E-state index contributed by atoms with van der Waals surface area (Å²) in [7, 11) is 3.55. The molecule has 0 atom stereocenters. The van der Waals surface area contributed by atoms with Gasteiger partial charge >= 0.3 is 0 Å². The molecule has 28 heavy (non-hydrogen) atoms. The Morgan fingerprint density at radius 2 is 1.57 bits per heavy atom. The Morgan fingerprint density at radius 1 is 1.04 bits per heavy atom. The molecule has 0 aromatic heterocycles. The van der Waals surface area contributed by atoms with E-state index in [9.17, 15) is 4.79 Å². The lowest BCUT2D eigenvalue weighted by Gasteiger charge is -2.26. The van der Waals surface area contributed by atoms with E-state index in [1.807, 2.05) is 31.1 Å². The van der Waals surface area contributed by atoms with E-state index < -0.39 is 7.26 Å². The summed E-state index contributed by atoms with van der Waals surface area (Å²) in [6.45, 7) is 0.323. The molecule has 0 fully saturated rings. The van der Waals surface area contributed by atoms with E-state index in [1.54, 1.807) is 13.2 Å². The Kier molecular flexibility index (Phi) is 10.2. The van der Waals surface area contributed by atoms with Crippen molar-refractivity contribution in [3.8, 4) is 24.0 Å². The topological polar surface area (TPSA) is 101 Å². The molecule has 1 aromatic carbocycles. The minimum Gasteiger partial charge on any atom is -0.496 e. The highest BCUT2D eigenvalue weighted by molar-refractivity contribution is 7.75. The van der Waals surface area contributed by atoms with Crippen LogP contribution in [-0.2, 0) is 6.16 Å². The van der Waals surface area contributed by atoms with Crippen LogP contribution in [-0.4, -0.2) is 56.9 Å². The van der Waals surface area contributed by atoms with Crippen LogP contribution in [0.25, 0.3) is 0 Å². The summed E-state index contributed by atoms with van der Waals surface area (Å²) in [4.78, 5) is 14.3. The van der Waals surface area contributed by atoms with Gasteiger partial charge < -0.3 is 9.64 Å². The molecule has 0 saturated carbocycles. The molecule has 0 aliphatic rings. The fraction of sp³-hybridized carbons (Fsp3) is 0.524. The van der Waals surface area contributed by atoms with Crippen LogP contribution in [0.4, 0.5) is 0 Å². The van der Waals surface area contributed by atoms with Crippen molar-refractivity contribution in [1.82, 2.24) is 4.90 Å². The highest BCUT2D eigenvalue weighted by Crippen LogP contribution is 2.63. The Bertz CT molecular complexity index is 742. The van der Waals surface area contributed by atoms with Crippen LogP contribution in [0.2, 0.25) is 0 Å². The van der Waals surface area contributed by atoms with E-state index >= 15 is 0 Å². The Labute approximate surface area is 168 Å². The summed E-state index contributed by atoms with van der Waals surface area (Å²) in [5, 5.41) is 27.3. The van der Waals surface area contributed by atoms with Crippen LogP contribution >= 0.6 is 7.26 Å². The smallest absolute Gasteiger partial charge is 0.176 e. The van der Waals surface area contributed by atoms with Gasteiger partial charge in [0, 0.05) is 18.4 Å². The normalized spacial score (nSPS) is 10.8. The van der Waals surface area contributed by atoms with Gasteiger partial charge in [-0.05, 0) is 32.3 Å². The number of rotatable bonds is 12. The number of benzene rings is 1. The number of Topliss-reactive ketones (excluding diaryl/α,β-unsaturated/α-hetero) is 1. The first-order valence-electron chi connectivity index (χ1n) is 9.22. The molecule has 148 valence electrons. The summed E-state index contributed by atoms with van der Waals surface area (Å²) < 4.78 is 5.52. The molecule has 0 bridgehead atoms. The fourth-order valence-corrected chi connectivity index (χ4v) is 7.09. The van der Waals surface area contributed by atoms with Crippen molar-refractivity contribution in [2.45, 2.75) is 25.4 Å². The van der Waals surface area contributed by atoms with E-state index in [0.717, 1.165) is 5.56 Å². The van der Waals surface area contributed by atoms with Gasteiger partial charge in [0.2, 0.25) is 0 Å². The molecule has 1 rings (SSSR count). The van der Waals surface area contributed by atoms with Gasteiger partial charge in [-0.25, -0.2) is 0 Å². The Morgan fingerprint density at radius 3 is 2.00 bits per heavy atom. The average Bonchev–Trinajstić information content (AvgIpc) is 2.68. The molecule has 0 spiro atoms. The number of hydrogen-bond acceptors (Lipinski definition) is 6. The van der Waals surface area contributed by atoms with Crippen LogP contribution in [0, 0.1) is 34.0 Å². The van der Waals surface area contributed by atoms with E-state index in [2.05, 4.69) is 18.2 Å². The Hall–Kier alpha value is -2.45. The first-order chi connectivity index (χ1) is 13.4. The van der Waals surface area contributed by atoms with Crippen LogP contribution in [0.3, 0.4) is 0 Å². The third-order valence-electron chi connectivity index (χ3n) is 4.66. The lowest BCUT2D eigenvalue weighted by molar-refractivity contribution is 0.0957. The molecule has 6 nitrogen and oxygen atoms in total. The highest BCUT2D eigenvalue weighted by atomic mass is 31.2. The second kappa shape index (κ2) is 12.1. The zero-order chi connectivity index (χ0) is 21.0. The molecule has 0 saturated heterocycles. The first-order valence-corrected chi connectivity index (χ1v) is 11.7.